The number of nitrogens with two attached hydrogens (primary N) is 2. The molecular formula is C13H27N5. The zero-order valence-corrected chi connectivity index (χ0v) is 12.1. The van der Waals surface area contributed by atoms with Gasteiger partial charge in [0.25, 0.3) is 0 Å². The van der Waals surface area contributed by atoms with E-state index in [9.17, 15) is 0 Å². The molecule has 18 heavy (non-hydrogen) atoms. The largest absolute Gasteiger partial charge is 0.388 e. The summed E-state index contributed by atoms with van der Waals surface area (Å²) in [6.07, 6.45) is 0.608. The van der Waals surface area contributed by atoms with Crippen molar-refractivity contribution >= 4 is 11.5 Å². The van der Waals surface area contributed by atoms with Crippen LogP contribution in [0.5, 0.6) is 0 Å². The molecule has 0 aromatic heterocycles. The Labute approximate surface area is 111 Å². The van der Waals surface area contributed by atoms with Gasteiger partial charge < -0.3 is 16.6 Å². The van der Waals surface area contributed by atoms with Gasteiger partial charge in [-0.2, -0.15) is 5.10 Å². The van der Waals surface area contributed by atoms with Gasteiger partial charge in [-0.3, -0.25) is 0 Å². The first-order chi connectivity index (χ1) is 8.80. The highest BCUT2D eigenvalue weighted by Gasteiger charge is 1.98. The van der Waals surface area contributed by atoms with Crippen LogP contribution in [0.1, 0.15) is 33.3 Å². The molecule has 1 rings (SSSR count). The molecule has 0 fully saturated rings. The lowest BCUT2D eigenvalue weighted by molar-refractivity contribution is 0.967. The van der Waals surface area contributed by atoms with Crippen LogP contribution in [0.3, 0.4) is 0 Å². The second kappa shape index (κ2) is 13.3. The van der Waals surface area contributed by atoms with Gasteiger partial charge in [-0.15, -0.1) is 0 Å². The first-order valence-corrected chi connectivity index (χ1v) is 6.30. The van der Waals surface area contributed by atoms with Crippen molar-refractivity contribution in [1.82, 2.24) is 5.43 Å². The van der Waals surface area contributed by atoms with Crippen molar-refractivity contribution in [3.8, 4) is 0 Å². The number of hydrazine groups is 1. The third-order valence-electron chi connectivity index (χ3n) is 1.94. The number of hydrogen-bond donors (Lipinski definition) is 4. The zero-order valence-electron chi connectivity index (χ0n) is 12.1. The lowest BCUT2D eigenvalue weighted by Crippen LogP contribution is -2.32. The third-order valence-corrected chi connectivity index (χ3v) is 1.94. The lowest BCUT2D eigenvalue weighted by atomic mass is 10.1. The average molecular weight is 253 g/mol. The molecule has 1 aromatic rings. The molecule has 0 amide bonds. The molecule has 6 N–H and O–H groups in total. The second-order valence-corrected chi connectivity index (χ2v) is 2.84. The number of amidine groups is 1. The third kappa shape index (κ3) is 7.51. The Morgan fingerprint density at radius 1 is 1.11 bits per heavy atom. The Balaban J connectivity index is 0. The summed E-state index contributed by atoms with van der Waals surface area (Å²) < 4.78 is 0. The molecule has 5 nitrogen and oxygen atoms in total. The van der Waals surface area contributed by atoms with Gasteiger partial charge in [-0.1, -0.05) is 39.8 Å². The highest BCUT2D eigenvalue weighted by molar-refractivity contribution is 5.83. The van der Waals surface area contributed by atoms with E-state index in [0.717, 1.165) is 11.3 Å². The number of nitrogens with zero attached hydrogens (tertiary/aromatic N) is 1. The Morgan fingerprint density at radius 2 is 1.61 bits per heavy atom. The molecule has 0 saturated carbocycles. The van der Waals surface area contributed by atoms with E-state index in [4.69, 9.17) is 11.7 Å². The van der Waals surface area contributed by atoms with E-state index in [-0.39, 0.29) is 0 Å². The van der Waals surface area contributed by atoms with E-state index in [0.29, 0.717) is 12.3 Å². The molecular weight excluding hydrogens is 226 g/mol. The van der Waals surface area contributed by atoms with Crippen molar-refractivity contribution in [3.05, 3.63) is 29.8 Å². The topological polar surface area (TPSA) is 88.5 Å². The van der Waals surface area contributed by atoms with Gasteiger partial charge in [0.05, 0.1) is 0 Å². The first kappa shape index (κ1) is 18.6. The highest BCUT2D eigenvalue weighted by atomic mass is 15.3. The summed E-state index contributed by atoms with van der Waals surface area (Å²) in [5.74, 6) is 10.9. The normalized spacial score (nSPS) is 9.33. The molecule has 5 heteroatoms. The fourth-order valence-electron chi connectivity index (χ4n) is 1.12. The number of anilines is 1. The molecule has 0 unspecified atom stereocenters. The van der Waals surface area contributed by atoms with Crippen molar-refractivity contribution in [3.63, 3.8) is 0 Å². The van der Waals surface area contributed by atoms with Gasteiger partial charge in [0, 0.05) is 19.2 Å². The van der Waals surface area contributed by atoms with Crippen LogP contribution in [0.2, 0.25) is 0 Å². The van der Waals surface area contributed by atoms with Crippen molar-refractivity contribution < 1.29 is 0 Å². The SMILES string of the molecule is CC.CC.CNc1ccc(C/C(=N/N)NN)cc1. The minimum Gasteiger partial charge on any atom is -0.388 e. The van der Waals surface area contributed by atoms with Crippen LogP contribution in [-0.2, 0) is 6.42 Å². The highest BCUT2D eigenvalue weighted by Crippen LogP contribution is 2.08. The predicted octanol–water partition coefficient (Wildman–Crippen LogP) is 2.06. The molecule has 0 aliphatic rings. The van der Waals surface area contributed by atoms with Gasteiger partial charge in [0.15, 0.2) is 0 Å². The maximum absolute atomic E-state index is 5.21. The van der Waals surface area contributed by atoms with Crippen molar-refractivity contribution in [1.29, 1.82) is 0 Å². The summed E-state index contributed by atoms with van der Waals surface area (Å²) in [5, 5.41) is 6.55. The Morgan fingerprint density at radius 3 is 1.94 bits per heavy atom. The molecule has 0 saturated heterocycles. The molecule has 0 bridgehead atoms. The molecule has 0 spiro atoms. The van der Waals surface area contributed by atoms with Crippen molar-refractivity contribution in [2.75, 3.05) is 12.4 Å². The van der Waals surface area contributed by atoms with Gasteiger partial charge in [-0.05, 0) is 17.7 Å². The molecule has 1 aromatic carbocycles. The standard InChI is InChI=1S/C9H15N5.2C2H6/c1-12-8-4-2-7(3-5-8)6-9(13-10)14-11;2*1-2/h2-5,12H,6,10-11H2,1H3,(H,13,14);2*1-2H3. The van der Waals surface area contributed by atoms with E-state index in [1.165, 1.54) is 0 Å². The summed E-state index contributed by atoms with van der Waals surface area (Å²) in [6.45, 7) is 8.00. The van der Waals surface area contributed by atoms with Gasteiger partial charge in [0.1, 0.15) is 5.84 Å². The van der Waals surface area contributed by atoms with Crippen LogP contribution in [0.4, 0.5) is 5.69 Å². The number of hydrazone groups is 1. The summed E-state index contributed by atoms with van der Waals surface area (Å²) in [6, 6.07) is 7.96. The zero-order chi connectivity index (χ0) is 14.4. The Bertz CT molecular complexity index is 306. The van der Waals surface area contributed by atoms with E-state index < -0.39 is 0 Å². The molecule has 0 radical (unpaired) electrons. The van der Waals surface area contributed by atoms with Gasteiger partial charge in [-0.25, -0.2) is 5.84 Å². The van der Waals surface area contributed by atoms with Crippen LogP contribution in [0.15, 0.2) is 29.4 Å². The number of nitrogens with one attached hydrogen (secondary N) is 2. The monoisotopic (exact) mass is 253 g/mol. The number of rotatable bonds is 3. The smallest absolute Gasteiger partial charge is 0.140 e. The van der Waals surface area contributed by atoms with Crippen LogP contribution >= 0.6 is 0 Å². The molecule has 0 aliphatic heterocycles. The maximum atomic E-state index is 5.21. The quantitative estimate of drug-likeness (QED) is 0.287. The minimum absolute atomic E-state index is 0.558. The van der Waals surface area contributed by atoms with Gasteiger partial charge in [0.2, 0.25) is 0 Å². The number of benzene rings is 1. The van der Waals surface area contributed by atoms with Crippen LogP contribution in [0, 0.1) is 0 Å². The summed E-state index contributed by atoms with van der Waals surface area (Å²) >= 11 is 0. The first-order valence-electron chi connectivity index (χ1n) is 6.30. The fraction of sp³-hybridized carbons (Fsp3) is 0.462. The van der Waals surface area contributed by atoms with Crippen molar-refractivity contribution in [2.45, 2.75) is 34.1 Å². The molecule has 104 valence electrons. The van der Waals surface area contributed by atoms with E-state index in [1.807, 2.05) is 59.0 Å². The Hall–Kier alpha value is -1.75. The van der Waals surface area contributed by atoms with E-state index in [1.54, 1.807) is 0 Å². The summed E-state index contributed by atoms with van der Waals surface area (Å²) in [5.41, 5.74) is 4.61. The Kier molecular flexibility index (Phi) is 13.8. The molecule has 0 aliphatic carbocycles. The maximum Gasteiger partial charge on any atom is 0.140 e. The molecule has 0 atom stereocenters. The second-order valence-electron chi connectivity index (χ2n) is 2.84. The predicted molar refractivity (Wildman–Crippen MR) is 81.3 cm³/mol. The summed E-state index contributed by atoms with van der Waals surface area (Å²) in [7, 11) is 1.88. The fourth-order valence-corrected chi connectivity index (χ4v) is 1.12. The lowest BCUT2D eigenvalue weighted by Gasteiger charge is -2.05. The molecule has 0 heterocycles. The van der Waals surface area contributed by atoms with Gasteiger partial charge >= 0.3 is 0 Å². The summed E-state index contributed by atoms with van der Waals surface area (Å²) in [4.78, 5) is 0. The average Bonchev–Trinajstić information content (AvgIpc) is 2.49. The minimum atomic E-state index is 0.558. The van der Waals surface area contributed by atoms with E-state index in [2.05, 4.69) is 15.8 Å². The number of hydrogen-bond acceptors (Lipinski definition) is 4. The van der Waals surface area contributed by atoms with Crippen LogP contribution < -0.4 is 22.4 Å². The van der Waals surface area contributed by atoms with Crippen molar-refractivity contribution in [2.24, 2.45) is 16.8 Å². The van der Waals surface area contributed by atoms with Crippen LogP contribution in [0.25, 0.3) is 0 Å². The van der Waals surface area contributed by atoms with E-state index >= 15 is 0 Å². The van der Waals surface area contributed by atoms with Crippen LogP contribution in [-0.4, -0.2) is 12.9 Å².